The number of aliphatic imine (C=N–C) groups is 1. The average molecular weight is 314 g/mol. The summed E-state index contributed by atoms with van der Waals surface area (Å²) in [6, 6.07) is 7.47. The van der Waals surface area contributed by atoms with Gasteiger partial charge in [-0.3, -0.25) is 10.2 Å². The van der Waals surface area contributed by atoms with Gasteiger partial charge in [0.25, 0.3) is 0 Å². The normalized spacial score (nSPS) is 9.85. The van der Waals surface area contributed by atoms with Gasteiger partial charge in [0.2, 0.25) is 5.91 Å². The molecule has 1 amide bonds. The van der Waals surface area contributed by atoms with Crippen LogP contribution in [0.2, 0.25) is 5.02 Å². The van der Waals surface area contributed by atoms with Crippen molar-refractivity contribution in [3.05, 3.63) is 34.9 Å². The molecule has 0 aliphatic heterocycles. The van der Waals surface area contributed by atoms with Gasteiger partial charge in [-0.05, 0) is 24.1 Å². The third-order valence-corrected chi connectivity index (χ3v) is 3.20. The first-order valence-electron chi connectivity index (χ1n) is 5.79. The molecule has 6 N–H and O–H groups in total. The third-order valence-electron chi connectivity index (χ3n) is 2.20. The maximum Gasteiger partial charge on any atom is 0.230 e. The van der Waals surface area contributed by atoms with E-state index in [2.05, 4.69) is 10.3 Å². The monoisotopic (exact) mass is 313 g/mol. The van der Waals surface area contributed by atoms with Gasteiger partial charge >= 0.3 is 0 Å². The van der Waals surface area contributed by atoms with Gasteiger partial charge in [0.15, 0.2) is 11.1 Å². The lowest BCUT2D eigenvalue weighted by atomic mass is 10.1. The molecule has 0 saturated carbocycles. The highest BCUT2D eigenvalue weighted by Gasteiger charge is 2.04. The number of thioether (sulfide) groups is 1. The molecule has 0 aliphatic rings. The van der Waals surface area contributed by atoms with Crippen LogP contribution in [0.15, 0.2) is 29.3 Å². The molecule has 1 aromatic carbocycles. The Hall–Kier alpha value is -1.73. The molecule has 0 aromatic heterocycles. The lowest BCUT2D eigenvalue weighted by molar-refractivity contribution is -0.118. The summed E-state index contributed by atoms with van der Waals surface area (Å²) in [7, 11) is 0. The summed E-state index contributed by atoms with van der Waals surface area (Å²) in [5.41, 5.74) is 11.3. The van der Waals surface area contributed by atoms with Gasteiger partial charge in [0.05, 0.1) is 5.75 Å². The SMILES string of the molecule is N=C(N=C(N)N)SCC(=O)NCCc1cccc(Cl)c1. The smallest absolute Gasteiger partial charge is 0.230 e. The lowest BCUT2D eigenvalue weighted by Gasteiger charge is -2.05. The molecule has 0 spiro atoms. The van der Waals surface area contributed by atoms with Gasteiger partial charge in [0, 0.05) is 11.6 Å². The Morgan fingerprint density at radius 3 is 2.85 bits per heavy atom. The highest BCUT2D eigenvalue weighted by molar-refractivity contribution is 8.14. The Morgan fingerprint density at radius 2 is 2.20 bits per heavy atom. The molecular formula is C12H16ClN5OS. The number of hydrogen-bond acceptors (Lipinski definition) is 3. The largest absolute Gasteiger partial charge is 0.370 e. The number of halogens is 1. The van der Waals surface area contributed by atoms with E-state index in [1.54, 1.807) is 6.07 Å². The van der Waals surface area contributed by atoms with Crippen molar-refractivity contribution in [1.82, 2.24) is 5.32 Å². The Balaban J connectivity index is 2.24. The summed E-state index contributed by atoms with van der Waals surface area (Å²) in [4.78, 5) is 15.0. The number of nitrogens with zero attached hydrogens (tertiary/aromatic N) is 1. The standard InChI is InChI=1S/C12H16ClN5OS/c13-9-3-1-2-8(6-9)4-5-17-10(19)7-20-12(16)18-11(14)15/h1-3,6H,4-5,7H2,(H,17,19)(H5,14,15,16,18). The minimum atomic E-state index is -0.191. The number of nitrogens with two attached hydrogens (primary N) is 2. The van der Waals surface area contributed by atoms with Crippen molar-refractivity contribution in [2.45, 2.75) is 6.42 Å². The van der Waals surface area contributed by atoms with Gasteiger partial charge in [-0.25, -0.2) is 0 Å². The molecule has 8 heteroatoms. The fourth-order valence-corrected chi connectivity index (χ4v) is 2.13. The van der Waals surface area contributed by atoms with Crippen molar-refractivity contribution in [1.29, 1.82) is 5.41 Å². The average Bonchev–Trinajstić information content (AvgIpc) is 2.36. The number of guanidine groups is 1. The number of nitrogens with one attached hydrogen (secondary N) is 2. The second-order valence-corrected chi connectivity index (χ2v) is 5.26. The van der Waals surface area contributed by atoms with Crippen LogP contribution < -0.4 is 16.8 Å². The van der Waals surface area contributed by atoms with Crippen LogP contribution in [-0.2, 0) is 11.2 Å². The van der Waals surface area contributed by atoms with Crippen molar-refractivity contribution >= 4 is 40.4 Å². The molecule has 0 unspecified atom stereocenters. The maximum absolute atomic E-state index is 11.5. The van der Waals surface area contributed by atoms with Gasteiger partial charge in [-0.1, -0.05) is 35.5 Å². The lowest BCUT2D eigenvalue weighted by Crippen LogP contribution is -2.28. The van der Waals surface area contributed by atoms with Crippen molar-refractivity contribution in [3.8, 4) is 0 Å². The Kier molecular flexibility index (Phi) is 6.89. The first-order valence-corrected chi connectivity index (χ1v) is 7.16. The topological polar surface area (TPSA) is 117 Å². The molecule has 20 heavy (non-hydrogen) atoms. The van der Waals surface area contributed by atoms with Crippen molar-refractivity contribution < 1.29 is 4.79 Å². The predicted octanol–water partition coefficient (Wildman–Crippen LogP) is 0.940. The number of carbonyl (C=O) groups excluding carboxylic acids is 1. The number of hydrogen-bond donors (Lipinski definition) is 4. The van der Waals surface area contributed by atoms with E-state index in [9.17, 15) is 4.79 Å². The molecule has 1 rings (SSSR count). The van der Waals surface area contributed by atoms with Gasteiger partial charge in [-0.15, -0.1) is 0 Å². The minimum absolute atomic E-state index is 0.0880. The molecule has 0 atom stereocenters. The summed E-state index contributed by atoms with van der Waals surface area (Å²) in [6.45, 7) is 0.509. The van der Waals surface area contributed by atoms with Crippen LogP contribution in [0.3, 0.4) is 0 Å². The molecule has 0 bridgehead atoms. The van der Waals surface area contributed by atoms with Crippen LogP contribution >= 0.6 is 23.4 Å². The predicted molar refractivity (Wildman–Crippen MR) is 84.2 cm³/mol. The molecule has 0 heterocycles. The van der Waals surface area contributed by atoms with Crippen LogP contribution in [-0.4, -0.2) is 29.3 Å². The van der Waals surface area contributed by atoms with E-state index in [4.69, 9.17) is 28.5 Å². The summed E-state index contributed by atoms with van der Waals surface area (Å²) < 4.78 is 0. The molecular weight excluding hydrogens is 298 g/mol. The first kappa shape index (κ1) is 16.3. The molecule has 0 radical (unpaired) electrons. The third kappa shape index (κ3) is 7.01. The van der Waals surface area contributed by atoms with Crippen molar-refractivity contribution in [2.24, 2.45) is 16.5 Å². The van der Waals surface area contributed by atoms with Crippen LogP contribution in [0, 0.1) is 5.41 Å². The fraction of sp³-hybridized carbons (Fsp3) is 0.250. The number of amides is 1. The second-order valence-electron chi connectivity index (χ2n) is 3.86. The zero-order valence-electron chi connectivity index (χ0n) is 10.7. The zero-order chi connectivity index (χ0) is 15.0. The summed E-state index contributed by atoms with van der Waals surface area (Å²) >= 11 is 6.83. The zero-order valence-corrected chi connectivity index (χ0v) is 12.3. The molecule has 0 fully saturated rings. The van der Waals surface area contributed by atoms with Crippen LogP contribution in [0.25, 0.3) is 0 Å². The molecule has 6 nitrogen and oxygen atoms in total. The second kappa shape index (κ2) is 8.44. The van der Waals surface area contributed by atoms with E-state index in [0.717, 1.165) is 17.3 Å². The molecule has 108 valence electrons. The number of rotatable bonds is 5. The highest BCUT2D eigenvalue weighted by Crippen LogP contribution is 2.10. The fourth-order valence-electron chi connectivity index (χ4n) is 1.37. The van der Waals surface area contributed by atoms with Crippen molar-refractivity contribution in [2.75, 3.05) is 12.3 Å². The highest BCUT2D eigenvalue weighted by atomic mass is 35.5. The van der Waals surface area contributed by atoms with E-state index in [0.29, 0.717) is 18.0 Å². The van der Waals surface area contributed by atoms with E-state index < -0.39 is 0 Å². The van der Waals surface area contributed by atoms with Crippen LogP contribution in [0.4, 0.5) is 0 Å². The van der Waals surface area contributed by atoms with Crippen molar-refractivity contribution in [3.63, 3.8) is 0 Å². The minimum Gasteiger partial charge on any atom is -0.370 e. The summed E-state index contributed by atoms with van der Waals surface area (Å²) in [6.07, 6.45) is 0.697. The van der Waals surface area contributed by atoms with E-state index in [1.807, 2.05) is 18.2 Å². The van der Waals surface area contributed by atoms with Crippen LogP contribution in [0.5, 0.6) is 0 Å². The Bertz CT molecular complexity index is 516. The van der Waals surface area contributed by atoms with Gasteiger partial charge in [-0.2, -0.15) is 4.99 Å². The van der Waals surface area contributed by atoms with Gasteiger partial charge < -0.3 is 16.8 Å². The maximum atomic E-state index is 11.5. The Labute approximate surface area is 126 Å². The molecule has 0 aliphatic carbocycles. The van der Waals surface area contributed by atoms with E-state index in [-0.39, 0.29) is 22.8 Å². The number of carbonyl (C=O) groups is 1. The molecule has 1 aromatic rings. The van der Waals surface area contributed by atoms with E-state index >= 15 is 0 Å². The molecule has 0 saturated heterocycles. The summed E-state index contributed by atoms with van der Waals surface area (Å²) in [5.74, 6) is -0.262. The van der Waals surface area contributed by atoms with Crippen LogP contribution in [0.1, 0.15) is 5.56 Å². The quantitative estimate of drug-likeness (QED) is 0.478. The number of benzene rings is 1. The number of amidine groups is 1. The Morgan fingerprint density at radius 1 is 1.45 bits per heavy atom. The first-order chi connectivity index (χ1) is 9.47. The van der Waals surface area contributed by atoms with E-state index in [1.165, 1.54) is 0 Å². The van der Waals surface area contributed by atoms with Gasteiger partial charge in [0.1, 0.15) is 0 Å². The summed E-state index contributed by atoms with van der Waals surface area (Å²) in [5, 5.41) is 10.7.